The summed E-state index contributed by atoms with van der Waals surface area (Å²) in [6.07, 6.45) is 1.96. The fourth-order valence-corrected chi connectivity index (χ4v) is 3.40. The van der Waals surface area contributed by atoms with Gasteiger partial charge >= 0.3 is 5.97 Å². The summed E-state index contributed by atoms with van der Waals surface area (Å²) in [5.41, 5.74) is 0. The summed E-state index contributed by atoms with van der Waals surface area (Å²) in [6, 6.07) is 0. The number of sulfonamides is 1. The number of hydrogen-bond donors (Lipinski definition) is 1. The Morgan fingerprint density at radius 1 is 1.50 bits per heavy atom. The lowest BCUT2D eigenvalue weighted by Gasteiger charge is -2.17. The molecule has 0 radical (unpaired) electrons. The van der Waals surface area contributed by atoms with Crippen LogP contribution in [-0.2, 0) is 21.9 Å². The fourth-order valence-electron chi connectivity index (χ4n) is 1.93. The second kappa shape index (κ2) is 6.36. The Morgan fingerprint density at radius 2 is 2.10 bits per heavy atom. The van der Waals surface area contributed by atoms with Crippen LogP contribution in [0.2, 0.25) is 0 Å². The zero-order chi connectivity index (χ0) is 15.5. The van der Waals surface area contributed by atoms with Crippen molar-refractivity contribution in [2.45, 2.75) is 38.1 Å². The number of hydrogen-bond acceptors (Lipinski definition) is 4. The molecule has 1 aromatic rings. The number of carboxylic acid groups (broad SMARTS) is 1. The van der Waals surface area contributed by atoms with E-state index in [1.807, 2.05) is 13.8 Å². The van der Waals surface area contributed by atoms with Crippen LogP contribution in [0, 0.1) is 0 Å². The third kappa shape index (κ3) is 3.57. The molecule has 0 unspecified atom stereocenters. The van der Waals surface area contributed by atoms with Crippen molar-refractivity contribution in [3.8, 4) is 0 Å². The highest BCUT2D eigenvalue weighted by atomic mass is 32.2. The molecule has 0 aliphatic rings. The van der Waals surface area contributed by atoms with Crippen LogP contribution in [0.5, 0.6) is 0 Å². The Labute approximate surface area is 119 Å². The Hall–Kier alpha value is -1.41. The van der Waals surface area contributed by atoms with Gasteiger partial charge in [0.05, 0.1) is 0 Å². The highest BCUT2D eigenvalue weighted by Crippen LogP contribution is 2.19. The predicted molar refractivity (Wildman–Crippen MR) is 74.0 cm³/mol. The summed E-state index contributed by atoms with van der Waals surface area (Å²) in [5, 5.41) is 8.74. The molecule has 1 heterocycles. The van der Waals surface area contributed by atoms with Crippen LogP contribution in [0.15, 0.2) is 11.2 Å². The van der Waals surface area contributed by atoms with Crippen molar-refractivity contribution in [1.82, 2.24) is 13.9 Å². The van der Waals surface area contributed by atoms with E-state index in [4.69, 9.17) is 5.11 Å². The van der Waals surface area contributed by atoms with Crippen LogP contribution in [0.3, 0.4) is 0 Å². The van der Waals surface area contributed by atoms with Crippen LogP contribution in [0.4, 0.5) is 0 Å². The first-order valence-electron chi connectivity index (χ1n) is 6.45. The maximum atomic E-state index is 12.4. The second-order valence-electron chi connectivity index (χ2n) is 4.94. The third-order valence-electron chi connectivity index (χ3n) is 2.80. The topological polar surface area (TPSA) is 92.5 Å². The van der Waals surface area contributed by atoms with Gasteiger partial charge in [-0.2, -0.15) is 4.31 Å². The van der Waals surface area contributed by atoms with Gasteiger partial charge < -0.3 is 9.67 Å². The summed E-state index contributed by atoms with van der Waals surface area (Å²) in [4.78, 5) is 14.9. The van der Waals surface area contributed by atoms with E-state index >= 15 is 0 Å². The van der Waals surface area contributed by atoms with Gasteiger partial charge in [0.25, 0.3) is 10.0 Å². The molecule has 0 spiro atoms. The number of aliphatic carboxylic acids is 1. The van der Waals surface area contributed by atoms with E-state index < -0.39 is 22.5 Å². The SMILES string of the molecule is CCCN(CC(=O)O)S(=O)(=O)c1cn(C)c(C(C)C)n1. The minimum atomic E-state index is -3.87. The van der Waals surface area contributed by atoms with Crippen molar-refractivity contribution in [2.24, 2.45) is 7.05 Å². The molecule has 0 fully saturated rings. The zero-order valence-corrected chi connectivity index (χ0v) is 13.0. The number of carboxylic acids is 1. The van der Waals surface area contributed by atoms with Crippen molar-refractivity contribution >= 4 is 16.0 Å². The maximum Gasteiger partial charge on any atom is 0.318 e. The van der Waals surface area contributed by atoms with E-state index in [1.165, 1.54) is 6.20 Å². The van der Waals surface area contributed by atoms with Crippen molar-refractivity contribution in [1.29, 1.82) is 0 Å². The van der Waals surface area contributed by atoms with Gasteiger partial charge in [-0.3, -0.25) is 4.79 Å². The number of nitrogens with zero attached hydrogens (tertiary/aromatic N) is 3. The van der Waals surface area contributed by atoms with Gasteiger partial charge in [0.2, 0.25) is 0 Å². The van der Waals surface area contributed by atoms with Crippen molar-refractivity contribution in [3.05, 3.63) is 12.0 Å². The molecule has 0 saturated heterocycles. The first-order chi connectivity index (χ1) is 9.20. The molecule has 114 valence electrons. The van der Waals surface area contributed by atoms with Gasteiger partial charge in [0.15, 0.2) is 5.03 Å². The molecule has 0 aromatic carbocycles. The van der Waals surface area contributed by atoms with Gasteiger partial charge in [-0.05, 0) is 6.42 Å². The van der Waals surface area contributed by atoms with Gasteiger partial charge in [0, 0.05) is 25.7 Å². The lowest BCUT2D eigenvalue weighted by atomic mass is 10.2. The lowest BCUT2D eigenvalue weighted by Crippen LogP contribution is -2.36. The number of rotatable bonds is 7. The number of aryl methyl sites for hydroxylation is 1. The smallest absolute Gasteiger partial charge is 0.318 e. The van der Waals surface area contributed by atoms with Crippen molar-refractivity contribution in [3.63, 3.8) is 0 Å². The minimum absolute atomic E-state index is 0.0862. The largest absolute Gasteiger partial charge is 0.480 e. The molecule has 8 heteroatoms. The van der Waals surface area contributed by atoms with E-state index in [-0.39, 0.29) is 17.5 Å². The van der Waals surface area contributed by atoms with Gasteiger partial charge in [-0.25, -0.2) is 13.4 Å². The van der Waals surface area contributed by atoms with Crippen LogP contribution in [-0.4, -0.2) is 46.4 Å². The van der Waals surface area contributed by atoms with E-state index in [0.717, 1.165) is 4.31 Å². The Balaban J connectivity index is 3.19. The average molecular weight is 303 g/mol. The molecule has 0 amide bonds. The van der Waals surface area contributed by atoms with E-state index in [9.17, 15) is 13.2 Å². The third-order valence-corrected chi connectivity index (χ3v) is 4.51. The Kier molecular flexibility index (Phi) is 5.29. The molecule has 0 aliphatic heterocycles. The quantitative estimate of drug-likeness (QED) is 0.812. The molecular weight excluding hydrogens is 282 g/mol. The molecule has 0 aliphatic carbocycles. The standard InChI is InChI=1S/C12H21N3O4S/c1-5-6-15(8-11(16)17)20(18,19)10-7-14(4)12(13-10)9(2)3/h7,9H,5-6,8H2,1-4H3,(H,16,17). The molecule has 0 saturated carbocycles. The van der Waals surface area contributed by atoms with E-state index in [2.05, 4.69) is 4.98 Å². The van der Waals surface area contributed by atoms with Crippen LogP contribution in [0.25, 0.3) is 0 Å². The molecule has 1 aromatic heterocycles. The van der Waals surface area contributed by atoms with Crippen LogP contribution < -0.4 is 0 Å². The van der Waals surface area contributed by atoms with Gasteiger partial charge in [-0.15, -0.1) is 0 Å². The molecular formula is C12H21N3O4S. The minimum Gasteiger partial charge on any atom is -0.480 e. The lowest BCUT2D eigenvalue weighted by molar-refractivity contribution is -0.137. The van der Waals surface area contributed by atoms with Gasteiger partial charge in [0.1, 0.15) is 12.4 Å². The number of carbonyl (C=O) groups is 1. The molecule has 0 atom stereocenters. The summed E-state index contributed by atoms with van der Waals surface area (Å²) in [6.45, 7) is 5.23. The fraction of sp³-hybridized carbons (Fsp3) is 0.667. The maximum absolute atomic E-state index is 12.4. The molecule has 20 heavy (non-hydrogen) atoms. The van der Waals surface area contributed by atoms with Crippen molar-refractivity contribution < 1.29 is 18.3 Å². The van der Waals surface area contributed by atoms with Crippen LogP contribution in [0.1, 0.15) is 38.9 Å². The van der Waals surface area contributed by atoms with E-state index in [0.29, 0.717) is 12.2 Å². The normalized spacial score (nSPS) is 12.3. The first kappa shape index (κ1) is 16.6. The average Bonchev–Trinajstić information content (AvgIpc) is 2.71. The summed E-state index contributed by atoms with van der Waals surface area (Å²) in [7, 11) is -2.15. The highest BCUT2D eigenvalue weighted by molar-refractivity contribution is 7.89. The zero-order valence-electron chi connectivity index (χ0n) is 12.2. The predicted octanol–water partition coefficient (Wildman–Crippen LogP) is 1.03. The van der Waals surface area contributed by atoms with E-state index in [1.54, 1.807) is 18.5 Å². The molecule has 1 rings (SSSR count). The Bertz CT molecular complexity index is 578. The summed E-state index contributed by atoms with van der Waals surface area (Å²) < 4.78 is 27.5. The first-order valence-corrected chi connectivity index (χ1v) is 7.89. The number of imidazole rings is 1. The summed E-state index contributed by atoms with van der Waals surface area (Å²) in [5.74, 6) is -0.444. The van der Waals surface area contributed by atoms with Crippen LogP contribution >= 0.6 is 0 Å². The molecule has 1 N–H and O–H groups in total. The highest BCUT2D eigenvalue weighted by Gasteiger charge is 2.29. The second-order valence-corrected chi connectivity index (χ2v) is 6.82. The molecule has 0 bridgehead atoms. The Morgan fingerprint density at radius 3 is 2.50 bits per heavy atom. The van der Waals surface area contributed by atoms with Crippen molar-refractivity contribution in [2.75, 3.05) is 13.1 Å². The number of aromatic nitrogens is 2. The monoisotopic (exact) mass is 303 g/mol. The van der Waals surface area contributed by atoms with Gasteiger partial charge in [-0.1, -0.05) is 20.8 Å². The summed E-state index contributed by atoms with van der Waals surface area (Å²) >= 11 is 0. The molecule has 7 nitrogen and oxygen atoms in total.